The average Bonchev–Trinajstić information content (AvgIpc) is 2.79. The second kappa shape index (κ2) is 11.9. The molecule has 1 fully saturated rings. The third-order valence-corrected chi connectivity index (χ3v) is 5.94. The van der Waals surface area contributed by atoms with Crippen LogP contribution >= 0.6 is 0 Å². The largest absolute Gasteiger partial charge is 0.461 e. The maximum absolute atomic E-state index is 12.2. The molecule has 184 valence electrons. The molecule has 3 rings (SSSR count). The molecule has 0 aromatic heterocycles. The molecule has 1 saturated heterocycles. The lowest BCUT2D eigenvalue weighted by molar-refractivity contribution is -0.321. The number of ether oxygens (including phenoxy) is 3. The van der Waals surface area contributed by atoms with Gasteiger partial charge in [0, 0.05) is 17.7 Å². The molecule has 0 aliphatic carbocycles. The first kappa shape index (κ1) is 25.6. The number of aliphatic hydroxyl groups excluding tert-OH is 4. The van der Waals surface area contributed by atoms with Crippen LogP contribution < -0.4 is 10.1 Å². The summed E-state index contributed by atoms with van der Waals surface area (Å²) < 4.78 is 16.9. The van der Waals surface area contributed by atoms with Crippen LogP contribution in [0.2, 0.25) is 0 Å². The van der Waals surface area contributed by atoms with Crippen molar-refractivity contribution in [3.8, 4) is 5.75 Å². The van der Waals surface area contributed by atoms with Gasteiger partial charge in [0.25, 0.3) is 0 Å². The lowest BCUT2D eigenvalue weighted by Gasteiger charge is -2.40. The molecule has 9 heteroatoms. The zero-order chi connectivity index (χ0) is 24.0. The van der Waals surface area contributed by atoms with E-state index in [2.05, 4.69) is 12.2 Å². The third-order valence-electron chi connectivity index (χ3n) is 5.94. The molecule has 2 aliphatic heterocycles. The number of amides is 1. The highest BCUT2D eigenvalue weighted by Crippen LogP contribution is 2.35. The smallest absolute Gasteiger partial charge is 0.224 e. The number of aliphatic hydroxyl groups is 4. The second-order valence-corrected chi connectivity index (χ2v) is 8.59. The molecular formula is C24H35NO8. The first-order valence-electron chi connectivity index (χ1n) is 11.6. The van der Waals surface area contributed by atoms with Gasteiger partial charge in [-0.3, -0.25) is 4.79 Å². The van der Waals surface area contributed by atoms with Gasteiger partial charge in [-0.15, -0.1) is 0 Å². The van der Waals surface area contributed by atoms with Crippen LogP contribution in [-0.4, -0.2) is 69.9 Å². The highest BCUT2D eigenvalue weighted by molar-refractivity contribution is 5.91. The summed E-state index contributed by atoms with van der Waals surface area (Å²) in [5.74, 6) is 0.510. The Morgan fingerprint density at radius 3 is 2.58 bits per heavy atom. The van der Waals surface area contributed by atoms with Crippen LogP contribution in [0.25, 0.3) is 5.57 Å². The van der Waals surface area contributed by atoms with Gasteiger partial charge in [-0.05, 0) is 43.2 Å². The molecule has 5 N–H and O–H groups in total. The van der Waals surface area contributed by atoms with Gasteiger partial charge in [-0.25, -0.2) is 0 Å². The Balaban J connectivity index is 1.59. The minimum Gasteiger partial charge on any atom is -0.461 e. The maximum Gasteiger partial charge on any atom is 0.224 e. The molecule has 1 unspecified atom stereocenters. The van der Waals surface area contributed by atoms with Crippen molar-refractivity contribution in [1.82, 2.24) is 0 Å². The van der Waals surface area contributed by atoms with Crippen LogP contribution in [0.3, 0.4) is 0 Å². The van der Waals surface area contributed by atoms with E-state index in [4.69, 9.17) is 14.2 Å². The molecular weight excluding hydrogens is 430 g/mol. The molecule has 1 aromatic rings. The summed E-state index contributed by atoms with van der Waals surface area (Å²) in [6.45, 7) is 3.48. The van der Waals surface area contributed by atoms with Crippen molar-refractivity contribution in [3.63, 3.8) is 0 Å². The second-order valence-electron chi connectivity index (χ2n) is 8.59. The van der Waals surface area contributed by atoms with Crippen LogP contribution in [0, 0.1) is 0 Å². The van der Waals surface area contributed by atoms with Crippen molar-refractivity contribution in [1.29, 1.82) is 0 Å². The summed E-state index contributed by atoms with van der Waals surface area (Å²) in [5.41, 5.74) is 2.31. The van der Waals surface area contributed by atoms with E-state index in [1.54, 1.807) is 18.2 Å². The monoisotopic (exact) mass is 465 g/mol. The zero-order valence-corrected chi connectivity index (χ0v) is 19.1. The number of hydrogen-bond acceptors (Lipinski definition) is 8. The SMILES string of the molecule is CCCCCCCC(=O)Nc1ccc2c(c1)C(C)=CC(O[C@@H]1O[C@H](CO)[C@H](O)[C@H](O)[C@H]1O)O2. The van der Waals surface area contributed by atoms with Gasteiger partial charge in [-0.1, -0.05) is 32.6 Å². The number of anilines is 1. The molecule has 0 bridgehead atoms. The fraction of sp³-hybridized carbons (Fsp3) is 0.625. The van der Waals surface area contributed by atoms with Crippen molar-refractivity contribution < 1.29 is 39.4 Å². The molecule has 2 heterocycles. The van der Waals surface area contributed by atoms with Crippen LogP contribution in [0.4, 0.5) is 5.69 Å². The Morgan fingerprint density at radius 2 is 1.85 bits per heavy atom. The first-order valence-corrected chi connectivity index (χ1v) is 11.6. The van der Waals surface area contributed by atoms with Gasteiger partial charge < -0.3 is 40.0 Å². The highest BCUT2D eigenvalue weighted by Gasteiger charge is 2.45. The van der Waals surface area contributed by atoms with E-state index in [1.165, 1.54) is 12.8 Å². The minimum atomic E-state index is -1.53. The summed E-state index contributed by atoms with van der Waals surface area (Å²) in [6, 6.07) is 5.31. The number of nitrogens with one attached hydrogen (secondary N) is 1. The zero-order valence-electron chi connectivity index (χ0n) is 19.1. The van der Waals surface area contributed by atoms with Crippen LogP contribution in [0.1, 0.15) is 57.9 Å². The molecule has 1 amide bonds. The number of hydrogen-bond donors (Lipinski definition) is 5. The van der Waals surface area contributed by atoms with Crippen molar-refractivity contribution in [2.24, 2.45) is 0 Å². The molecule has 9 nitrogen and oxygen atoms in total. The fourth-order valence-corrected chi connectivity index (χ4v) is 3.96. The number of carbonyl (C=O) groups excluding carboxylic acids is 1. The lowest BCUT2D eigenvalue weighted by Crippen LogP contribution is -2.59. The molecule has 0 radical (unpaired) electrons. The summed E-state index contributed by atoms with van der Waals surface area (Å²) in [4.78, 5) is 12.2. The number of allylic oxidation sites excluding steroid dienone is 1. The van der Waals surface area contributed by atoms with Gasteiger partial charge in [0.2, 0.25) is 12.2 Å². The van der Waals surface area contributed by atoms with Crippen molar-refractivity contribution >= 4 is 17.2 Å². The van der Waals surface area contributed by atoms with Crippen molar-refractivity contribution in [2.75, 3.05) is 11.9 Å². The third kappa shape index (κ3) is 6.53. The van der Waals surface area contributed by atoms with E-state index < -0.39 is 43.6 Å². The summed E-state index contributed by atoms with van der Waals surface area (Å²) in [5, 5.41) is 42.3. The van der Waals surface area contributed by atoms with E-state index in [9.17, 15) is 25.2 Å². The van der Waals surface area contributed by atoms with E-state index >= 15 is 0 Å². The summed E-state index contributed by atoms with van der Waals surface area (Å²) in [7, 11) is 0. The normalized spacial score (nSPS) is 29.1. The molecule has 6 atom stereocenters. The van der Waals surface area contributed by atoms with Crippen LogP contribution in [-0.2, 0) is 14.3 Å². The molecule has 1 aromatic carbocycles. The Labute approximate surface area is 194 Å². The van der Waals surface area contributed by atoms with Gasteiger partial charge in [0.05, 0.1) is 6.61 Å². The van der Waals surface area contributed by atoms with Gasteiger partial charge in [0.15, 0.2) is 6.29 Å². The summed E-state index contributed by atoms with van der Waals surface area (Å²) in [6.07, 6.45) is -0.167. The Bertz CT molecular complexity index is 827. The average molecular weight is 466 g/mol. The molecule has 2 aliphatic rings. The van der Waals surface area contributed by atoms with Gasteiger partial charge >= 0.3 is 0 Å². The number of carbonyl (C=O) groups is 1. The van der Waals surface area contributed by atoms with E-state index in [-0.39, 0.29) is 5.91 Å². The molecule has 0 spiro atoms. The first-order chi connectivity index (χ1) is 15.8. The molecule has 0 saturated carbocycles. The van der Waals surface area contributed by atoms with E-state index in [1.807, 2.05) is 13.0 Å². The van der Waals surface area contributed by atoms with E-state index in [0.29, 0.717) is 17.9 Å². The topological polar surface area (TPSA) is 138 Å². The Kier molecular flexibility index (Phi) is 9.25. The number of fused-ring (bicyclic) bond motifs is 1. The predicted octanol–water partition coefficient (Wildman–Crippen LogP) is 1.92. The van der Waals surface area contributed by atoms with Crippen molar-refractivity contribution in [3.05, 3.63) is 29.8 Å². The summed E-state index contributed by atoms with van der Waals surface area (Å²) >= 11 is 0. The van der Waals surface area contributed by atoms with Crippen LogP contribution in [0.5, 0.6) is 5.75 Å². The minimum absolute atomic E-state index is 0.0198. The van der Waals surface area contributed by atoms with Crippen LogP contribution in [0.15, 0.2) is 24.3 Å². The molecule has 33 heavy (non-hydrogen) atoms. The van der Waals surface area contributed by atoms with E-state index in [0.717, 1.165) is 30.4 Å². The number of benzene rings is 1. The quantitative estimate of drug-likeness (QED) is 0.331. The highest BCUT2D eigenvalue weighted by atomic mass is 16.8. The number of unbranched alkanes of at least 4 members (excludes halogenated alkanes) is 4. The van der Waals surface area contributed by atoms with Crippen molar-refractivity contribution in [2.45, 2.75) is 89.4 Å². The number of rotatable bonds is 10. The maximum atomic E-state index is 12.2. The Hall–Kier alpha value is -2.01. The standard InChI is InChI=1S/C24H35NO8/c1-3-4-5-6-7-8-19(27)25-15-9-10-17-16(12-15)14(2)11-20(31-17)33-24-23(30)22(29)21(28)18(13-26)32-24/h9-12,18,20-24,26,28-30H,3-8,13H2,1-2H3,(H,25,27)/t18-,20?,21+,22+,23-,24+/m1/s1. The predicted molar refractivity (Wildman–Crippen MR) is 121 cm³/mol. The Morgan fingerprint density at radius 1 is 1.09 bits per heavy atom. The lowest BCUT2D eigenvalue weighted by atomic mass is 9.99. The van der Waals surface area contributed by atoms with Gasteiger partial charge in [-0.2, -0.15) is 0 Å². The fourth-order valence-electron chi connectivity index (χ4n) is 3.96. The van der Waals surface area contributed by atoms with Gasteiger partial charge in [0.1, 0.15) is 30.2 Å².